The molecule has 0 amide bonds. The Bertz CT molecular complexity index is 230. The molecule has 0 aliphatic carbocycles. The second kappa shape index (κ2) is 14.5. The van der Waals surface area contributed by atoms with E-state index in [9.17, 15) is 0 Å². The summed E-state index contributed by atoms with van der Waals surface area (Å²) in [5, 5.41) is 0. The van der Waals surface area contributed by atoms with E-state index >= 15 is 0 Å². The lowest BCUT2D eigenvalue weighted by Gasteiger charge is -2.29. The van der Waals surface area contributed by atoms with Crippen LogP contribution in [0.3, 0.4) is 0 Å². The van der Waals surface area contributed by atoms with Gasteiger partial charge in [0.1, 0.15) is 0 Å². The number of unbranched alkanes of at least 4 members (excludes halogenated alkanes) is 5. The zero-order chi connectivity index (χ0) is 16.7. The van der Waals surface area contributed by atoms with Crippen LogP contribution in [0.5, 0.6) is 0 Å². The minimum absolute atomic E-state index is 0.415. The van der Waals surface area contributed by atoms with Gasteiger partial charge in [-0.1, -0.05) is 58.8 Å². The summed E-state index contributed by atoms with van der Waals surface area (Å²) >= 11 is 0. The van der Waals surface area contributed by atoms with Gasteiger partial charge in [-0.05, 0) is 44.9 Å². The molecule has 22 heavy (non-hydrogen) atoms. The molecule has 0 aromatic rings. The molecule has 0 radical (unpaired) electrons. The minimum atomic E-state index is 0.415. The van der Waals surface area contributed by atoms with Gasteiger partial charge in [-0.25, -0.2) is 0 Å². The molecule has 0 aliphatic rings. The van der Waals surface area contributed by atoms with E-state index < -0.39 is 0 Å². The zero-order valence-electron chi connectivity index (χ0n) is 16.1. The highest BCUT2D eigenvalue weighted by atomic mass is 16.5. The van der Waals surface area contributed by atoms with Gasteiger partial charge >= 0.3 is 0 Å². The second-order valence-electron chi connectivity index (χ2n) is 7.17. The Hall–Kier alpha value is -0.0800. The van der Waals surface area contributed by atoms with Crippen LogP contribution in [0.15, 0.2) is 0 Å². The fourth-order valence-corrected chi connectivity index (χ4v) is 3.02. The van der Waals surface area contributed by atoms with Gasteiger partial charge in [0.2, 0.25) is 0 Å². The maximum atomic E-state index is 5.37. The summed E-state index contributed by atoms with van der Waals surface area (Å²) in [4.78, 5) is 0. The standard InChI is InChI=1S/C20H42O2/c1-6-20(4,17-14-15-19(3)21-5)16-12-10-8-9-11-13-18-22-7-2/h19H,6-18H2,1-5H3. The van der Waals surface area contributed by atoms with E-state index in [4.69, 9.17) is 9.47 Å². The van der Waals surface area contributed by atoms with Crippen LogP contribution in [0.1, 0.15) is 98.3 Å². The van der Waals surface area contributed by atoms with Crippen LogP contribution < -0.4 is 0 Å². The molecule has 0 spiro atoms. The molecule has 0 N–H and O–H groups in total. The first-order valence-electron chi connectivity index (χ1n) is 9.68. The maximum Gasteiger partial charge on any atom is 0.0543 e. The summed E-state index contributed by atoms with van der Waals surface area (Å²) in [6.45, 7) is 10.9. The first-order valence-corrected chi connectivity index (χ1v) is 9.68. The smallest absolute Gasteiger partial charge is 0.0543 e. The summed E-state index contributed by atoms with van der Waals surface area (Å²) in [6, 6.07) is 0. The van der Waals surface area contributed by atoms with Crippen molar-refractivity contribution in [2.45, 2.75) is 104 Å². The highest BCUT2D eigenvalue weighted by molar-refractivity contribution is 4.73. The molecule has 0 saturated carbocycles. The Balaban J connectivity index is 3.58. The number of ether oxygens (including phenoxy) is 2. The van der Waals surface area contributed by atoms with Gasteiger partial charge in [0.15, 0.2) is 0 Å². The molecule has 0 aliphatic heterocycles. The van der Waals surface area contributed by atoms with Gasteiger partial charge < -0.3 is 9.47 Å². The summed E-state index contributed by atoms with van der Waals surface area (Å²) < 4.78 is 10.7. The molecule has 0 bridgehead atoms. The molecule has 0 heterocycles. The molecule has 0 rings (SSSR count). The minimum Gasteiger partial charge on any atom is -0.382 e. The van der Waals surface area contributed by atoms with Crippen molar-refractivity contribution in [1.29, 1.82) is 0 Å². The lowest BCUT2D eigenvalue weighted by atomic mass is 9.77. The number of rotatable bonds is 16. The van der Waals surface area contributed by atoms with E-state index in [0.29, 0.717) is 11.5 Å². The van der Waals surface area contributed by atoms with Crippen molar-refractivity contribution in [2.24, 2.45) is 5.41 Å². The van der Waals surface area contributed by atoms with Crippen molar-refractivity contribution in [3.63, 3.8) is 0 Å². The first kappa shape index (κ1) is 21.9. The normalized spacial score (nSPS) is 15.7. The molecule has 0 saturated heterocycles. The maximum absolute atomic E-state index is 5.37. The van der Waals surface area contributed by atoms with E-state index in [0.717, 1.165) is 13.2 Å². The van der Waals surface area contributed by atoms with Gasteiger partial charge in [-0.3, -0.25) is 0 Å². The number of hydrogen-bond acceptors (Lipinski definition) is 2. The SMILES string of the molecule is CCOCCCCCCCCC(C)(CC)CCCC(C)OC. The van der Waals surface area contributed by atoms with Crippen LogP contribution in [-0.2, 0) is 9.47 Å². The van der Waals surface area contributed by atoms with Crippen molar-refractivity contribution in [2.75, 3.05) is 20.3 Å². The Morgan fingerprint density at radius 2 is 1.45 bits per heavy atom. The van der Waals surface area contributed by atoms with E-state index in [1.54, 1.807) is 0 Å². The Kier molecular flexibility index (Phi) is 14.5. The van der Waals surface area contributed by atoms with E-state index in [1.165, 1.54) is 70.6 Å². The van der Waals surface area contributed by atoms with Gasteiger partial charge in [0.05, 0.1) is 6.10 Å². The molecule has 0 fully saturated rings. The molecule has 2 nitrogen and oxygen atoms in total. The van der Waals surface area contributed by atoms with Crippen molar-refractivity contribution >= 4 is 0 Å². The lowest BCUT2D eigenvalue weighted by molar-refractivity contribution is 0.103. The van der Waals surface area contributed by atoms with E-state index in [-0.39, 0.29) is 0 Å². The summed E-state index contributed by atoms with van der Waals surface area (Å²) in [7, 11) is 1.82. The summed E-state index contributed by atoms with van der Waals surface area (Å²) in [5.74, 6) is 0. The molecule has 134 valence electrons. The Morgan fingerprint density at radius 1 is 0.864 bits per heavy atom. The third-order valence-electron chi connectivity index (χ3n) is 5.17. The van der Waals surface area contributed by atoms with Gasteiger partial charge in [-0.2, -0.15) is 0 Å². The molecule has 2 heteroatoms. The van der Waals surface area contributed by atoms with Crippen LogP contribution in [0.25, 0.3) is 0 Å². The van der Waals surface area contributed by atoms with Gasteiger partial charge in [0.25, 0.3) is 0 Å². The van der Waals surface area contributed by atoms with Crippen molar-refractivity contribution in [3.8, 4) is 0 Å². The third kappa shape index (κ3) is 12.5. The van der Waals surface area contributed by atoms with Gasteiger partial charge in [-0.15, -0.1) is 0 Å². The molecule has 0 aromatic carbocycles. The second-order valence-corrected chi connectivity index (χ2v) is 7.17. The van der Waals surface area contributed by atoms with Gasteiger partial charge in [0, 0.05) is 20.3 Å². The zero-order valence-corrected chi connectivity index (χ0v) is 16.1. The molecule has 2 atom stereocenters. The average molecular weight is 315 g/mol. The molecule has 0 aromatic heterocycles. The third-order valence-corrected chi connectivity index (χ3v) is 5.17. The topological polar surface area (TPSA) is 18.5 Å². The monoisotopic (exact) mass is 314 g/mol. The van der Waals surface area contributed by atoms with Crippen molar-refractivity contribution in [1.82, 2.24) is 0 Å². The van der Waals surface area contributed by atoms with Crippen LogP contribution in [0, 0.1) is 5.41 Å². The average Bonchev–Trinajstić information content (AvgIpc) is 2.53. The highest BCUT2D eigenvalue weighted by Crippen LogP contribution is 2.34. The number of methoxy groups -OCH3 is 1. The van der Waals surface area contributed by atoms with E-state index in [2.05, 4.69) is 27.7 Å². The van der Waals surface area contributed by atoms with Crippen LogP contribution in [0.2, 0.25) is 0 Å². The fraction of sp³-hybridized carbons (Fsp3) is 1.00. The Morgan fingerprint density at radius 3 is 2.05 bits per heavy atom. The summed E-state index contributed by atoms with van der Waals surface area (Å²) in [6.07, 6.45) is 15.1. The van der Waals surface area contributed by atoms with Crippen LogP contribution in [-0.4, -0.2) is 26.4 Å². The summed E-state index contributed by atoms with van der Waals surface area (Å²) in [5.41, 5.74) is 0.544. The van der Waals surface area contributed by atoms with Crippen LogP contribution in [0.4, 0.5) is 0 Å². The largest absolute Gasteiger partial charge is 0.382 e. The first-order chi connectivity index (χ1) is 10.6. The Labute approximate surface area is 140 Å². The van der Waals surface area contributed by atoms with Crippen molar-refractivity contribution < 1.29 is 9.47 Å². The quantitative estimate of drug-likeness (QED) is 0.308. The van der Waals surface area contributed by atoms with E-state index in [1.807, 2.05) is 7.11 Å². The number of hydrogen-bond donors (Lipinski definition) is 0. The lowest BCUT2D eigenvalue weighted by Crippen LogP contribution is -2.16. The van der Waals surface area contributed by atoms with Crippen LogP contribution >= 0.6 is 0 Å². The predicted octanol–water partition coefficient (Wildman–Crippen LogP) is 6.38. The molecule has 2 unspecified atom stereocenters. The highest BCUT2D eigenvalue weighted by Gasteiger charge is 2.21. The molecular formula is C20H42O2. The molecular weight excluding hydrogens is 272 g/mol. The fourth-order valence-electron chi connectivity index (χ4n) is 3.02. The predicted molar refractivity (Wildman–Crippen MR) is 97.5 cm³/mol. The van der Waals surface area contributed by atoms with Crippen molar-refractivity contribution in [3.05, 3.63) is 0 Å².